The van der Waals surface area contributed by atoms with Crippen LogP contribution in [-0.4, -0.2) is 36.8 Å². The summed E-state index contributed by atoms with van der Waals surface area (Å²) in [6.45, 7) is 6.21. The second kappa shape index (κ2) is 12.8. The van der Waals surface area contributed by atoms with Gasteiger partial charge < -0.3 is 36.7 Å². The lowest BCUT2D eigenvalue weighted by Crippen LogP contribution is -2.31. The number of rotatable bonds is 0. The van der Waals surface area contributed by atoms with E-state index in [0.717, 1.165) is 67.8 Å². The van der Waals surface area contributed by atoms with Crippen molar-refractivity contribution in [3.05, 3.63) is 213 Å². The van der Waals surface area contributed by atoms with Gasteiger partial charge in [-0.25, -0.2) is 0 Å². The molecule has 0 saturated carbocycles. The quantitative estimate of drug-likeness (QED) is 0.118. The Morgan fingerprint density at radius 3 is 1.08 bits per heavy atom. The molecular formula is C47H38N4O8S2. The van der Waals surface area contributed by atoms with E-state index >= 15 is 0 Å². The number of fused-ring (bicyclic) bond motifs is 20. The molecule has 0 spiro atoms. The Morgan fingerprint density at radius 2 is 0.705 bits per heavy atom. The van der Waals surface area contributed by atoms with Crippen LogP contribution in [0.15, 0.2) is 146 Å². The predicted octanol–water partition coefficient (Wildman–Crippen LogP) is 8.59. The first-order valence-corrected chi connectivity index (χ1v) is 22.4. The summed E-state index contributed by atoms with van der Waals surface area (Å²) < 4.78 is 76.6. The molecule has 7 heterocycles. The Morgan fingerprint density at radius 1 is 0.393 bits per heavy atom. The third-order valence-corrected chi connectivity index (χ3v) is 14.4. The van der Waals surface area contributed by atoms with Crippen molar-refractivity contribution in [2.45, 2.75) is 42.9 Å². The molecule has 61 heavy (non-hydrogen) atoms. The Labute approximate surface area is 352 Å². The van der Waals surface area contributed by atoms with Crippen molar-refractivity contribution in [2.75, 3.05) is 0 Å². The molecule has 14 heteroatoms. The maximum Gasteiger partial charge on any atom is 0.500 e. The Kier molecular flexibility index (Phi) is 7.79. The van der Waals surface area contributed by atoms with Crippen molar-refractivity contribution < 1.29 is 33.6 Å². The predicted molar refractivity (Wildman–Crippen MR) is 227 cm³/mol. The van der Waals surface area contributed by atoms with Crippen molar-refractivity contribution >= 4 is 20.8 Å². The Bertz CT molecular complexity index is 3250. The van der Waals surface area contributed by atoms with Gasteiger partial charge in [0, 0.05) is 45.6 Å². The Hall–Kier alpha value is -6.90. The lowest BCUT2D eigenvalue weighted by molar-refractivity contribution is 0.389. The van der Waals surface area contributed by atoms with Crippen molar-refractivity contribution in [3.63, 3.8) is 0 Å². The molecule has 1 unspecified atom stereocenters. The number of hydrogen-bond acceptors (Lipinski definition) is 8. The van der Waals surface area contributed by atoms with Crippen molar-refractivity contribution in [3.8, 4) is 23.0 Å². The minimum absolute atomic E-state index is 0.0779. The summed E-state index contributed by atoms with van der Waals surface area (Å²) in [6, 6.07) is 44.2. The van der Waals surface area contributed by atoms with Crippen LogP contribution in [0, 0.1) is 0 Å². The highest BCUT2D eigenvalue weighted by atomic mass is 32.3. The van der Waals surface area contributed by atoms with Crippen LogP contribution in [-0.2, 0) is 37.0 Å². The zero-order chi connectivity index (χ0) is 41.9. The van der Waals surface area contributed by atoms with Gasteiger partial charge in [0.15, 0.2) is 0 Å². The van der Waals surface area contributed by atoms with Gasteiger partial charge in [-0.05, 0) is 140 Å². The normalized spacial score (nSPS) is 24.1. The summed E-state index contributed by atoms with van der Waals surface area (Å²) in [6.07, 6.45) is 0. The number of nitrogens with one attached hydrogen (secondary N) is 4. The van der Waals surface area contributed by atoms with Gasteiger partial charge in [-0.3, -0.25) is 0 Å². The minimum Gasteiger partial charge on any atom is -0.360 e. The average molecular weight is 851 g/mol. The van der Waals surface area contributed by atoms with Gasteiger partial charge in [0.25, 0.3) is 0 Å². The largest absolute Gasteiger partial charge is 0.500 e. The van der Waals surface area contributed by atoms with Gasteiger partial charge in [0.05, 0.1) is 22.2 Å². The molecule has 0 radical (unpaired) electrons. The van der Waals surface area contributed by atoms with Crippen LogP contribution < -0.4 is 16.7 Å². The summed E-state index contributed by atoms with van der Waals surface area (Å²) in [5.41, 5.74) is 6.53. The summed E-state index contributed by atoms with van der Waals surface area (Å²) in [7, 11) is -9.14. The molecule has 3 aliphatic rings. The summed E-state index contributed by atoms with van der Waals surface area (Å²) in [4.78, 5) is 15.3. The van der Waals surface area contributed by atoms with Gasteiger partial charge in [-0.2, -0.15) is 0 Å². The number of hydrogen-bond donors (Lipinski definition) is 4. The molecule has 0 saturated heterocycles. The fourth-order valence-electron chi connectivity index (χ4n) is 9.42. The van der Waals surface area contributed by atoms with Crippen LogP contribution in [0.2, 0.25) is 0 Å². The molecule has 3 aliphatic heterocycles. The zero-order valence-electron chi connectivity index (χ0n) is 33.0. The van der Waals surface area contributed by atoms with Gasteiger partial charge in [0.1, 0.15) is 23.0 Å². The summed E-state index contributed by atoms with van der Waals surface area (Å²) in [5.74, 6) is -0.156. The first-order valence-electron chi connectivity index (χ1n) is 19.7. The van der Waals surface area contributed by atoms with Crippen molar-refractivity contribution in [1.82, 2.24) is 19.9 Å². The van der Waals surface area contributed by atoms with Crippen LogP contribution in [0.3, 0.4) is 0 Å². The van der Waals surface area contributed by atoms with E-state index in [4.69, 9.17) is 16.7 Å². The van der Waals surface area contributed by atoms with Crippen LogP contribution in [0.4, 0.5) is 0 Å². The van der Waals surface area contributed by atoms with E-state index in [1.54, 1.807) is 72.8 Å². The third-order valence-electron chi connectivity index (χ3n) is 12.9. The molecule has 8 aromatic rings. The number of benzene rings is 4. The molecule has 306 valence electrons. The highest BCUT2D eigenvalue weighted by Gasteiger charge is 2.43. The van der Waals surface area contributed by atoms with E-state index in [-0.39, 0.29) is 23.0 Å². The van der Waals surface area contributed by atoms with Crippen LogP contribution in [0.1, 0.15) is 94.5 Å². The van der Waals surface area contributed by atoms with Crippen LogP contribution in [0.5, 0.6) is 23.0 Å². The van der Waals surface area contributed by atoms with Gasteiger partial charge >= 0.3 is 20.8 Å². The average Bonchev–Trinajstić information content (AvgIpc) is 4.08. The topological polar surface area (TPSA) is 168 Å². The maximum absolute atomic E-state index is 13.6. The van der Waals surface area contributed by atoms with E-state index in [0.29, 0.717) is 0 Å². The highest BCUT2D eigenvalue weighted by Crippen LogP contribution is 2.48. The Balaban J connectivity index is 1.27. The minimum atomic E-state index is -4.58. The molecule has 4 N–H and O–H groups in total. The number of H-pyrrole nitrogens is 4. The van der Waals surface area contributed by atoms with Gasteiger partial charge in [0.2, 0.25) is 0 Å². The summed E-state index contributed by atoms with van der Waals surface area (Å²) in [5, 5.41) is 0. The van der Waals surface area contributed by atoms with E-state index < -0.39 is 43.0 Å². The molecule has 12 nitrogen and oxygen atoms in total. The third kappa shape index (κ3) is 5.76. The number of aromatic nitrogens is 4. The fourth-order valence-corrected chi connectivity index (χ4v) is 10.8. The van der Waals surface area contributed by atoms with Crippen LogP contribution in [0.25, 0.3) is 0 Å². The smallest absolute Gasteiger partial charge is 0.360 e. The summed E-state index contributed by atoms with van der Waals surface area (Å²) >= 11 is 0. The van der Waals surface area contributed by atoms with Crippen molar-refractivity contribution in [2.24, 2.45) is 0 Å². The lowest BCUT2D eigenvalue weighted by atomic mass is 9.76. The molecule has 4 aromatic carbocycles. The second-order valence-corrected chi connectivity index (χ2v) is 18.6. The lowest BCUT2D eigenvalue weighted by Gasteiger charge is -2.33. The first kappa shape index (κ1) is 37.1. The molecular weight excluding hydrogens is 813 g/mol. The maximum atomic E-state index is 13.6. The molecule has 4 atom stereocenters. The monoisotopic (exact) mass is 850 g/mol. The van der Waals surface area contributed by atoms with E-state index in [1.807, 2.05) is 48.5 Å². The van der Waals surface area contributed by atoms with Crippen LogP contribution >= 0.6 is 0 Å². The van der Waals surface area contributed by atoms with E-state index in [9.17, 15) is 16.8 Å². The van der Waals surface area contributed by atoms with Gasteiger partial charge in [-0.15, -0.1) is 16.8 Å². The van der Waals surface area contributed by atoms with E-state index in [2.05, 4.69) is 65.0 Å². The van der Waals surface area contributed by atoms with Crippen molar-refractivity contribution in [1.29, 1.82) is 0 Å². The SMILES string of the molecule is C[C@@]12c3cccc(c3)OS(=O)(=O)Oc3cccc(c3)[C@@](C)(c3ccc([nH]3)C3c4cccc(c4)OS(=O)(=O)Oc4cccc(c4)[C@](C)(c4ccc3[nH]4)c3ccc1[nH]3)c1ccc2[nH]1. The molecule has 0 aliphatic carbocycles. The standard InChI is InChI=1S/C47H38N4O8S2/c1-45-29-9-5-13-33(25-29)57-60(52,53)56-32-12-4-8-28(24-32)44(36-16-18-38(45)48-36)37-17-19-39(49-37)46(2)30-10-6-14-34(26-30)58-61(54,55)59-35-15-7-11-31(27-35)47(3,42-22-20-40(45)50-42)43-23-21-41(46)51-43/h4-27,44,48-51H,1-3H3/t44?,45-,46+,47-/m1/s1. The fraction of sp³-hybridized carbons (Fsp3) is 0.149. The molecule has 0 fully saturated rings. The molecule has 11 rings (SSSR count). The highest BCUT2D eigenvalue weighted by molar-refractivity contribution is 7.82. The molecule has 20 bridgehead atoms. The van der Waals surface area contributed by atoms with E-state index in [1.165, 1.54) is 0 Å². The number of aromatic amines is 4. The second-order valence-electron chi connectivity index (χ2n) is 16.3. The first-order chi connectivity index (χ1) is 29.2. The molecule has 0 amide bonds. The van der Waals surface area contributed by atoms with Gasteiger partial charge in [-0.1, -0.05) is 48.5 Å². The zero-order valence-corrected chi connectivity index (χ0v) is 34.6. The molecule has 4 aromatic heterocycles.